The van der Waals surface area contributed by atoms with Gasteiger partial charge in [-0.3, -0.25) is 0 Å². The topological polar surface area (TPSA) is 39.2 Å². The number of carbonyl (C=O) groups is 1. The van der Waals surface area contributed by atoms with Gasteiger partial charge >= 0.3 is 5.97 Å². The van der Waals surface area contributed by atoms with Crippen LogP contribution in [0.5, 0.6) is 0 Å². The summed E-state index contributed by atoms with van der Waals surface area (Å²) in [6, 6.07) is 7.44. The highest BCUT2D eigenvalue weighted by molar-refractivity contribution is 6.31. The molecule has 2 rings (SSSR count). The van der Waals surface area contributed by atoms with Crippen LogP contribution in [0.1, 0.15) is 29.8 Å². The summed E-state index contributed by atoms with van der Waals surface area (Å²) in [6.45, 7) is 4.07. The van der Waals surface area contributed by atoms with E-state index in [0.29, 0.717) is 29.3 Å². The number of nitrogens with zero attached hydrogens (tertiary/aromatic N) is 1. The van der Waals surface area contributed by atoms with Crippen LogP contribution in [-0.4, -0.2) is 17.6 Å². The molecule has 0 atom stereocenters. The first kappa shape index (κ1) is 12.8. The molecule has 0 saturated carbocycles. The first-order valence-corrected chi connectivity index (χ1v) is 6.31. The number of pyridine rings is 1. The maximum atomic E-state index is 12.1. The molecule has 0 fully saturated rings. The van der Waals surface area contributed by atoms with E-state index in [9.17, 15) is 4.79 Å². The van der Waals surface area contributed by atoms with Crippen molar-refractivity contribution in [2.75, 3.05) is 6.61 Å². The standard InChI is InChI=1S/C14H14ClNO2/c1-3-9-12(14(17)18-4-2)10-7-5-6-8-11(10)16-13(9)15/h5-8H,3-4H2,1-2H3. The minimum absolute atomic E-state index is 0.338. The molecule has 0 unspecified atom stereocenters. The molecule has 18 heavy (non-hydrogen) atoms. The zero-order chi connectivity index (χ0) is 13.1. The Bertz CT molecular complexity index is 596. The fourth-order valence-corrected chi connectivity index (χ4v) is 2.30. The van der Waals surface area contributed by atoms with Gasteiger partial charge in [0.1, 0.15) is 5.15 Å². The Morgan fingerprint density at radius 2 is 2.06 bits per heavy atom. The van der Waals surface area contributed by atoms with Crippen molar-refractivity contribution in [3.05, 3.63) is 40.5 Å². The molecule has 0 aliphatic heterocycles. The maximum Gasteiger partial charge on any atom is 0.339 e. The number of fused-ring (bicyclic) bond motifs is 1. The van der Waals surface area contributed by atoms with Crippen LogP contribution in [0.2, 0.25) is 5.15 Å². The summed E-state index contributed by atoms with van der Waals surface area (Å²) in [5.74, 6) is -0.338. The fraction of sp³-hybridized carbons (Fsp3) is 0.286. The van der Waals surface area contributed by atoms with Gasteiger partial charge in [-0.2, -0.15) is 0 Å². The summed E-state index contributed by atoms with van der Waals surface area (Å²) < 4.78 is 5.11. The van der Waals surface area contributed by atoms with Crippen molar-refractivity contribution in [3.63, 3.8) is 0 Å². The highest BCUT2D eigenvalue weighted by Crippen LogP contribution is 2.27. The first-order valence-electron chi connectivity index (χ1n) is 5.93. The number of hydrogen-bond acceptors (Lipinski definition) is 3. The second-order valence-corrected chi connectivity index (χ2v) is 4.21. The van der Waals surface area contributed by atoms with Crippen LogP contribution in [0.15, 0.2) is 24.3 Å². The van der Waals surface area contributed by atoms with E-state index in [1.165, 1.54) is 0 Å². The van der Waals surface area contributed by atoms with Crippen molar-refractivity contribution in [1.29, 1.82) is 0 Å². The van der Waals surface area contributed by atoms with Gasteiger partial charge in [-0.15, -0.1) is 0 Å². The molecule has 0 saturated heterocycles. The molecule has 0 aliphatic carbocycles. The molecule has 1 aromatic carbocycles. The van der Waals surface area contributed by atoms with Crippen molar-refractivity contribution in [1.82, 2.24) is 4.98 Å². The zero-order valence-corrected chi connectivity index (χ0v) is 11.1. The molecule has 1 aromatic heterocycles. The summed E-state index contributed by atoms with van der Waals surface area (Å²) in [7, 11) is 0. The average molecular weight is 264 g/mol. The number of para-hydroxylation sites is 1. The van der Waals surface area contributed by atoms with E-state index in [0.717, 1.165) is 10.9 Å². The van der Waals surface area contributed by atoms with Crippen LogP contribution in [0, 0.1) is 0 Å². The van der Waals surface area contributed by atoms with E-state index >= 15 is 0 Å². The van der Waals surface area contributed by atoms with E-state index in [1.807, 2.05) is 31.2 Å². The maximum absolute atomic E-state index is 12.1. The Morgan fingerprint density at radius 1 is 1.33 bits per heavy atom. The van der Waals surface area contributed by atoms with E-state index < -0.39 is 0 Å². The number of rotatable bonds is 3. The second-order valence-electron chi connectivity index (χ2n) is 3.85. The highest BCUT2D eigenvalue weighted by atomic mass is 35.5. The van der Waals surface area contributed by atoms with Crippen LogP contribution in [0.3, 0.4) is 0 Å². The third kappa shape index (κ3) is 2.18. The van der Waals surface area contributed by atoms with Crippen LogP contribution in [0.25, 0.3) is 10.9 Å². The molecular formula is C14H14ClNO2. The number of hydrogen-bond donors (Lipinski definition) is 0. The molecule has 0 radical (unpaired) electrons. The molecule has 0 aliphatic rings. The van der Waals surface area contributed by atoms with Crippen LogP contribution in [-0.2, 0) is 11.2 Å². The third-order valence-corrected chi connectivity index (χ3v) is 3.09. The minimum atomic E-state index is -0.338. The van der Waals surface area contributed by atoms with E-state index in [-0.39, 0.29) is 5.97 Å². The number of aromatic nitrogens is 1. The van der Waals surface area contributed by atoms with Crippen molar-refractivity contribution < 1.29 is 9.53 Å². The number of carbonyl (C=O) groups excluding carboxylic acids is 1. The lowest BCUT2D eigenvalue weighted by molar-refractivity contribution is 0.0527. The predicted octanol–water partition coefficient (Wildman–Crippen LogP) is 3.63. The summed E-state index contributed by atoms with van der Waals surface area (Å²) in [6.07, 6.45) is 0.644. The second kappa shape index (κ2) is 5.36. The molecule has 0 N–H and O–H groups in total. The molecule has 0 amide bonds. The molecular weight excluding hydrogens is 250 g/mol. The van der Waals surface area contributed by atoms with Gasteiger partial charge in [0.15, 0.2) is 0 Å². The Balaban J connectivity index is 2.76. The van der Waals surface area contributed by atoms with Gasteiger partial charge in [0.25, 0.3) is 0 Å². The lowest BCUT2D eigenvalue weighted by Crippen LogP contribution is -2.10. The first-order chi connectivity index (χ1) is 8.69. The SMILES string of the molecule is CCOC(=O)c1c(CC)c(Cl)nc2ccccc12. The summed E-state index contributed by atoms with van der Waals surface area (Å²) >= 11 is 6.13. The van der Waals surface area contributed by atoms with Gasteiger partial charge in [-0.05, 0) is 19.4 Å². The van der Waals surface area contributed by atoms with Gasteiger partial charge in [-0.1, -0.05) is 36.7 Å². The van der Waals surface area contributed by atoms with E-state index in [4.69, 9.17) is 16.3 Å². The summed E-state index contributed by atoms with van der Waals surface area (Å²) in [5.41, 5.74) is 1.99. The molecule has 0 spiro atoms. The average Bonchev–Trinajstić information content (AvgIpc) is 2.37. The summed E-state index contributed by atoms with van der Waals surface area (Å²) in [5, 5.41) is 1.16. The van der Waals surface area contributed by atoms with Crippen molar-refractivity contribution >= 4 is 28.5 Å². The molecule has 1 heterocycles. The fourth-order valence-electron chi connectivity index (χ4n) is 1.98. The van der Waals surface area contributed by atoms with Gasteiger partial charge in [-0.25, -0.2) is 9.78 Å². The number of benzene rings is 1. The zero-order valence-electron chi connectivity index (χ0n) is 10.4. The quantitative estimate of drug-likeness (QED) is 0.627. The van der Waals surface area contributed by atoms with E-state index in [1.54, 1.807) is 6.92 Å². The Labute approximate surface area is 111 Å². The van der Waals surface area contributed by atoms with Gasteiger partial charge in [0.2, 0.25) is 0 Å². The lowest BCUT2D eigenvalue weighted by atomic mass is 10.0. The Kier molecular flexibility index (Phi) is 3.82. The van der Waals surface area contributed by atoms with Crippen LogP contribution in [0.4, 0.5) is 0 Å². The van der Waals surface area contributed by atoms with E-state index in [2.05, 4.69) is 4.98 Å². The Hall–Kier alpha value is -1.61. The lowest BCUT2D eigenvalue weighted by Gasteiger charge is -2.12. The largest absolute Gasteiger partial charge is 0.462 e. The van der Waals surface area contributed by atoms with Crippen molar-refractivity contribution in [2.45, 2.75) is 20.3 Å². The van der Waals surface area contributed by atoms with Crippen LogP contribution < -0.4 is 0 Å². The molecule has 2 aromatic rings. The molecule has 3 nitrogen and oxygen atoms in total. The summed E-state index contributed by atoms with van der Waals surface area (Å²) in [4.78, 5) is 16.4. The smallest absolute Gasteiger partial charge is 0.339 e. The van der Waals surface area contributed by atoms with Gasteiger partial charge in [0, 0.05) is 10.9 Å². The number of ether oxygens (including phenoxy) is 1. The molecule has 0 bridgehead atoms. The van der Waals surface area contributed by atoms with Crippen molar-refractivity contribution in [2.24, 2.45) is 0 Å². The monoisotopic (exact) mass is 263 g/mol. The third-order valence-electron chi connectivity index (χ3n) is 2.78. The van der Waals surface area contributed by atoms with Gasteiger partial charge < -0.3 is 4.74 Å². The van der Waals surface area contributed by atoms with Gasteiger partial charge in [0.05, 0.1) is 17.7 Å². The Morgan fingerprint density at radius 3 is 2.72 bits per heavy atom. The molecule has 94 valence electrons. The number of esters is 1. The number of halogens is 1. The van der Waals surface area contributed by atoms with Crippen molar-refractivity contribution in [3.8, 4) is 0 Å². The highest BCUT2D eigenvalue weighted by Gasteiger charge is 2.19. The molecule has 4 heteroatoms. The predicted molar refractivity (Wildman–Crippen MR) is 72.1 cm³/mol. The minimum Gasteiger partial charge on any atom is -0.462 e. The van der Waals surface area contributed by atoms with Crippen LogP contribution >= 0.6 is 11.6 Å². The normalized spacial score (nSPS) is 10.6.